The van der Waals surface area contributed by atoms with Gasteiger partial charge < -0.3 is 15.0 Å². The molecule has 1 fully saturated rings. The van der Waals surface area contributed by atoms with E-state index in [0.717, 1.165) is 24.1 Å². The lowest BCUT2D eigenvalue weighted by atomic mass is 10.0. The van der Waals surface area contributed by atoms with E-state index in [4.69, 9.17) is 0 Å². The van der Waals surface area contributed by atoms with Crippen molar-refractivity contribution in [3.63, 3.8) is 0 Å². The van der Waals surface area contributed by atoms with E-state index in [1.54, 1.807) is 23.2 Å². The molecule has 1 saturated heterocycles. The zero-order valence-electron chi connectivity index (χ0n) is 13.8. The van der Waals surface area contributed by atoms with Crippen LogP contribution >= 0.6 is 0 Å². The third-order valence-electron chi connectivity index (χ3n) is 4.29. The zero-order valence-corrected chi connectivity index (χ0v) is 13.8. The highest BCUT2D eigenvalue weighted by Crippen LogP contribution is 2.24. The number of benzene rings is 1. The van der Waals surface area contributed by atoms with Gasteiger partial charge in [0.25, 0.3) is 0 Å². The molecule has 1 unspecified atom stereocenters. The number of amides is 1. The van der Waals surface area contributed by atoms with Gasteiger partial charge >= 0.3 is 6.61 Å². The van der Waals surface area contributed by atoms with Crippen LogP contribution in [0.2, 0.25) is 0 Å². The van der Waals surface area contributed by atoms with Crippen LogP contribution in [0.25, 0.3) is 0 Å². The molecule has 1 aliphatic heterocycles. The monoisotopic (exact) mass is 350 g/mol. The quantitative estimate of drug-likeness (QED) is 0.840. The second kappa shape index (κ2) is 7.60. The number of alkyl halides is 2. The predicted octanol–water partition coefficient (Wildman–Crippen LogP) is 2.60. The number of aromatic amines is 1. The lowest BCUT2D eigenvalue weighted by Gasteiger charge is -2.33. The summed E-state index contributed by atoms with van der Waals surface area (Å²) in [5.41, 5.74) is 2.68. The molecule has 1 atom stereocenters. The number of anilines is 1. The summed E-state index contributed by atoms with van der Waals surface area (Å²) in [5, 5.41) is 10.1. The first kappa shape index (κ1) is 17.3. The van der Waals surface area contributed by atoms with Crippen LogP contribution < -0.4 is 15.0 Å². The van der Waals surface area contributed by atoms with Crippen molar-refractivity contribution in [3.8, 4) is 5.75 Å². The summed E-state index contributed by atoms with van der Waals surface area (Å²) in [6.45, 7) is 0.245. The molecule has 0 saturated carbocycles. The Balaban J connectivity index is 1.64. The fourth-order valence-electron chi connectivity index (χ4n) is 2.92. The van der Waals surface area contributed by atoms with E-state index in [0.29, 0.717) is 18.8 Å². The van der Waals surface area contributed by atoms with Gasteiger partial charge in [0.05, 0.1) is 12.2 Å². The van der Waals surface area contributed by atoms with E-state index >= 15 is 0 Å². The highest BCUT2D eigenvalue weighted by atomic mass is 19.3. The van der Waals surface area contributed by atoms with E-state index in [1.807, 2.05) is 6.92 Å². The van der Waals surface area contributed by atoms with Crippen LogP contribution in [0.5, 0.6) is 5.75 Å². The van der Waals surface area contributed by atoms with Gasteiger partial charge in [-0.25, -0.2) is 0 Å². The van der Waals surface area contributed by atoms with Crippen LogP contribution in [0, 0.1) is 6.92 Å². The van der Waals surface area contributed by atoms with Crippen LogP contribution in [-0.4, -0.2) is 35.3 Å². The van der Waals surface area contributed by atoms with Gasteiger partial charge in [-0.3, -0.25) is 9.89 Å². The second-order valence-corrected chi connectivity index (χ2v) is 5.96. The molecule has 6 nitrogen and oxygen atoms in total. The van der Waals surface area contributed by atoms with E-state index < -0.39 is 6.61 Å². The minimum atomic E-state index is -2.86. The van der Waals surface area contributed by atoms with Crippen LogP contribution in [0.3, 0.4) is 0 Å². The number of piperidine rings is 1. The number of carbonyl (C=O) groups excluding carboxylic acids is 1. The number of halogens is 2. The van der Waals surface area contributed by atoms with Crippen LogP contribution in [0.1, 0.15) is 24.1 Å². The maximum Gasteiger partial charge on any atom is 0.387 e. The number of hydrogen-bond donors (Lipinski definition) is 2. The summed E-state index contributed by atoms with van der Waals surface area (Å²) in [7, 11) is 0. The molecule has 1 aromatic carbocycles. The first-order chi connectivity index (χ1) is 12.0. The van der Waals surface area contributed by atoms with Crippen LogP contribution in [-0.2, 0) is 11.3 Å². The average Bonchev–Trinajstić information content (AvgIpc) is 2.99. The summed E-state index contributed by atoms with van der Waals surface area (Å²) in [6.07, 6.45) is 3.37. The molecule has 1 aromatic heterocycles. The number of hydrogen-bond acceptors (Lipinski definition) is 4. The molecule has 2 aromatic rings. The van der Waals surface area contributed by atoms with Gasteiger partial charge in [-0.1, -0.05) is 0 Å². The van der Waals surface area contributed by atoms with Crippen LogP contribution in [0.15, 0.2) is 30.5 Å². The number of carbonyl (C=O) groups is 1. The van der Waals surface area contributed by atoms with Crippen molar-refractivity contribution in [2.24, 2.45) is 0 Å². The summed E-state index contributed by atoms with van der Waals surface area (Å²) in [6, 6.07) is 5.86. The molecular weight excluding hydrogens is 330 g/mol. The molecule has 2 heterocycles. The third-order valence-corrected chi connectivity index (χ3v) is 4.29. The van der Waals surface area contributed by atoms with Crippen molar-refractivity contribution in [2.45, 2.75) is 39.0 Å². The Labute approximate surface area is 144 Å². The minimum absolute atomic E-state index is 0.0186. The van der Waals surface area contributed by atoms with Crippen LogP contribution in [0.4, 0.5) is 14.5 Å². The lowest BCUT2D eigenvalue weighted by Crippen LogP contribution is -2.50. The van der Waals surface area contributed by atoms with Gasteiger partial charge in [-0.15, -0.1) is 0 Å². The van der Waals surface area contributed by atoms with E-state index in [1.165, 1.54) is 12.1 Å². The molecule has 2 N–H and O–H groups in total. The SMILES string of the molecule is Cc1[nH]ncc1CNC1CCCN(c2ccc(OC(F)F)cc2)C1=O. The van der Waals surface area contributed by atoms with Crippen molar-refractivity contribution in [1.29, 1.82) is 0 Å². The number of ether oxygens (including phenoxy) is 1. The number of H-pyrrole nitrogens is 1. The number of aromatic nitrogens is 2. The molecular formula is C17H20F2N4O2. The Morgan fingerprint density at radius 3 is 2.80 bits per heavy atom. The molecule has 0 bridgehead atoms. The average molecular weight is 350 g/mol. The summed E-state index contributed by atoms with van der Waals surface area (Å²) in [4.78, 5) is 14.4. The predicted molar refractivity (Wildman–Crippen MR) is 88.6 cm³/mol. The topological polar surface area (TPSA) is 70.2 Å². The molecule has 1 aliphatic rings. The zero-order chi connectivity index (χ0) is 17.8. The van der Waals surface area contributed by atoms with E-state index in [2.05, 4.69) is 20.3 Å². The molecule has 0 aliphatic carbocycles. The maximum absolute atomic E-state index is 12.7. The fourth-order valence-corrected chi connectivity index (χ4v) is 2.92. The number of aryl methyl sites for hydroxylation is 1. The van der Waals surface area contributed by atoms with Crippen molar-refractivity contribution in [2.75, 3.05) is 11.4 Å². The summed E-state index contributed by atoms with van der Waals surface area (Å²) < 4.78 is 28.8. The molecule has 1 amide bonds. The van der Waals surface area contributed by atoms with E-state index in [9.17, 15) is 13.6 Å². The molecule has 134 valence electrons. The Hall–Kier alpha value is -2.48. The van der Waals surface area contributed by atoms with Gasteiger partial charge in [0.1, 0.15) is 5.75 Å². The van der Waals surface area contributed by atoms with Gasteiger partial charge in [0, 0.05) is 30.0 Å². The van der Waals surface area contributed by atoms with Gasteiger partial charge in [-0.05, 0) is 44.0 Å². The summed E-state index contributed by atoms with van der Waals surface area (Å²) >= 11 is 0. The van der Waals surface area contributed by atoms with Gasteiger partial charge in [0.2, 0.25) is 5.91 Å². The van der Waals surface area contributed by atoms with E-state index in [-0.39, 0.29) is 17.7 Å². The molecule has 0 radical (unpaired) electrons. The highest BCUT2D eigenvalue weighted by molar-refractivity contribution is 5.97. The Morgan fingerprint density at radius 2 is 2.16 bits per heavy atom. The number of nitrogens with one attached hydrogen (secondary N) is 2. The first-order valence-electron chi connectivity index (χ1n) is 8.13. The Kier molecular flexibility index (Phi) is 5.28. The normalized spacial score (nSPS) is 18.0. The Bertz CT molecular complexity index is 718. The van der Waals surface area contributed by atoms with Gasteiger partial charge in [0.15, 0.2) is 0 Å². The van der Waals surface area contributed by atoms with Crippen molar-refractivity contribution >= 4 is 11.6 Å². The van der Waals surface area contributed by atoms with Gasteiger partial charge in [-0.2, -0.15) is 13.9 Å². The number of rotatable bonds is 6. The van der Waals surface area contributed by atoms with Crippen molar-refractivity contribution in [1.82, 2.24) is 15.5 Å². The maximum atomic E-state index is 12.7. The Morgan fingerprint density at radius 1 is 1.40 bits per heavy atom. The molecule has 25 heavy (non-hydrogen) atoms. The van der Waals surface area contributed by atoms with Crippen molar-refractivity contribution in [3.05, 3.63) is 41.7 Å². The highest BCUT2D eigenvalue weighted by Gasteiger charge is 2.29. The lowest BCUT2D eigenvalue weighted by molar-refractivity contribution is -0.121. The molecule has 0 spiro atoms. The number of nitrogens with zero attached hydrogens (tertiary/aromatic N) is 2. The smallest absolute Gasteiger partial charge is 0.387 e. The molecule has 8 heteroatoms. The minimum Gasteiger partial charge on any atom is -0.435 e. The largest absolute Gasteiger partial charge is 0.435 e. The first-order valence-corrected chi connectivity index (χ1v) is 8.13. The fraction of sp³-hybridized carbons (Fsp3) is 0.412. The molecule has 3 rings (SSSR count). The second-order valence-electron chi connectivity index (χ2n) is 5.96. The summed E-state index contributed by atoms with van der Waals surface area (Å²) in [5.74, 6) is 0.0586. The standard InChI is InChI=1S/C17H20F2N4O2/c1-11-12(10-21-22-11)9-20-15-3-2-8-23(16(15)24)13-4-6-14(7-5-13)25-17(18)19/h4-7,10,15,17,20H,2-3,8-9H2,1H3,(H,21,22). The van der Waals surface area contributed by atoms with Crippen molar-refractivity contribution < 1.29 is 18.3 Å². The third kappa shape index (κ3) is 4.14.